The summed E-state index contributed by atoms with van der Waals surface area (Å²) in [6.45, 7) is 4.83. The van der Waals surface area contributed by atoms with Crippen molar-refractivity contribution in [2.45, 2.75) is 13.1 Å². The Morgan fingerprint density at radius 3 is 1.26 bits per heavy atom. The van der Waals surface area contributed by atoms with E-state index in [-0.39, 0.29) is 0 Å². The van der Waals surface area contributed by atoms with Gasteiger partial charge in [-0.15, -0.1) is 0 Å². The number of fused-ring (bicyclic) bond motifs is 3. The topological polar surface area (TPSA) is 25.8 Å². The molecular formula is C54H40N2Si. The standard InChI is InChI=1S/C54H40N2Si/c1-57(2)50-27-13-12-26-49(50)51-52(40-20-10-5-11-21-40)55-53(56-54(51)57)41-30-28-39(29-31-41)42-22-14-23-43(32-42)44-24-15-25-45(33-44)48-35-46(37-16-6-3-7-17-37)34-47(36-48)38-18-8-4-9-19-38/h3-36H,1-2H3. The van der Waals surface area contributed by atoms with Gasteiger partial charge in [-0.1, -0.05) is 189 Å². The smallest absolute Gasteiger partial charge is 0.159 e. The fourth-order valence-corrected chi connectivity index (χ4v) is 11.3. The van der Waals surface area contributed by atoms with Crippen molar-refractivity contribution in [3.8, 4) is 89.4 Å². The third-order valence-corrected chi connectivity index (χ3v) is 14.8. The average Bonchev–Trinajstić information content (AvgIpc) is 3.52. The van der Waals surface area contributed by atoms with Gasteiger partial charge in [0.05, 0.1) is 5.69 Å². The third kappa shape index (κ3) is 6.42. The zero-order chi connectivity index (χ0) is 38.3. The summed E-state index contributed by atoms with van der Waals surface area (Å²) in [5.41, 5.74) is 17.6. The summed E-state index contributed by atoms with van der Waals surface area (Å²) < 4.78 is 0. The van der Waals surface area contributed by atoms with Crippen molar-refractivity contribution in [1.82, 2.24) is 9.97 Å². The van der Waals surface area contributed by atoms with E-state index in [9.17, 15) is 0 Å². The number of nitrogens with zero attached hydrogens (tertiary/aromatic N) is 2. The van der Waals surface area contributed by atoms with Crippen LogP contribution in [0.5, 0.6) is 0 Å². The van der Waals surface area contributed by atoms with Crippen LogP contribution < -0.4 is 10.5 Å². The number of aromatic nitrogens is 2. The maximum atomic E-state index is 5.36. The van der Waals surface area contributed by atoms with Crippen LogP contribution in [0.1, 0.15) is 0 Å². The van der Waals surface area contributed by atoms with E-state index in [2.05, 4.69) is 219 Å². The van der Waals surface area contributed by atoms with Crippen LogP contribution >= 0.6 is 0 Å². The molecule has 8 aromatic carbocycles. The highest BCUT2D eigenvalue weighted by Gasteiger charge is 2.41. The average molecular weight is 745 g/mol. The first-order valence-electron chi connectivity index (χ1n) is 19.6. The molecule has 2 nitrogen and oxygen atoms in total. The molecule has 1 aromatic heterocycles. The van der Waals surface area contributed by atoms with Crippen LogP contribution in [0.25, 0.3) is 89.4 Å². The van der Waals surface area contributed by atoms with Crippen LogP contribution in [0.15, 0.2) is 206 Å². The Bertz CT molecular complexity index is 2840. The number of benzene rings is 8. The molecule has 1 aliphatic heterocycles. The van der Waals surface area contributed by atoms with E-state index < -0.39 is 8.07 Å². The van der Waals surface area contributed by atoms with E-state index in [1.54, 1.807) is 0 Å². The summed E-state index contributed by atoms with van der Waals surface area (Å²) in [7, 11) is -2.03. The van der Waals surface area contributed by atoms with Gasteiger partial charge in [0.15, 0.2) is 5.82 Å². The fraction of sp³-hybridized carbons (Fsp3) is 0.0370. The van der Waals surface area contributed by atoms with Gasteiger partial charge in [-0.3, -0.25) is 0 Å². The van der Waals surface area contributed by atoms with Crippen molar-refractivity contribution >= 4 is 18.6 Å². The molecule has 0 bridgehead atoms. The van der Waals surface area contributed by atoms with Crippen molar-refractivity contribution in [3.63, 3.8) is 0 Å². The normalized spacial score (nSPS) is 12.5. The molecule has 10 rings (SSSR count). The molecule has 57 heavy (non-hydrogen) atoms. The van der Waals surface area contributed by atoms with Gasteiger partial charge in [0, 0.05) is 22.0 Å². The highest BCUT2D eigenvalue weighted by atomic mass is 28.3. The summed E-state index contributed by atoms with van der Waals surface area (Å²) in [4.78, 5) is 10.7. The number of rotatable bonds is 7. The first-order chi connectivity index (χ1) is 28.0. The molecule has 3 heteroatoms. The molecule has 0 saturated heterocycles. The van der Waals surface area contributed by atoms with Gasteiger partial charge in [-0.25, -0.2) is 9.97 Å². The molecule has 0 aliphatic carbocycles. The first-order valence-corrected chi connectivity index (χ1v) is 22.6. The molecule has 1 aliphatic rings. The molecular weight excluding hydrogens is 705 g/mol. The Kier molecular flexibility index (Phi) is 8.66. The maximum Gasteiger partial charge on any atom is 0.159 e. The molecule has 0 N–H and O–H groups in total. The molecule has 0 spiro atoms. The number of hydrogen-bond acceptors (Lipinski definition) is 2. The molecule has 0 fully saturated rings. The van der Waals surface area contributed by atoms with Crippen LogP contribution in [0.3, 0.4) is 0 Å². The van der Waals surface area contributed by atoms with Gasteiger partial charge in [0.1, 0.15) is 8.07 Å². The van der Waals surface area contributed by atoms with E-state index in [1.165, 1.54) is 71.7 Å². The number of hydrogen-bond donors (Lipinski definition) is 0. The maximum absolute atomic E-state index is 5.36. The lowest BCUT2D eigenvalue weighted by molar-refractivity contribution is 1.21. The minimum Gasteiger partial charge on any atom is -0.237 e. The third-order valence-electron chi connectivity index (χ3n) is 11.4. The van der Waals surface area contributed by atoms with Crippen LogP contribution in [0, 0.1) is 0 Å². The minimum atomic E-state index is -2.03. The van der Waals surface area contributed by atoms with Crippen LogP contribution in [-0.2, 0) is 0 Å². The summed E-state index contributed by atoms with van der Waals surface area (Å²) in [6, 6.07) is 74.2. The minimum absolute atomic E-state index is 0.782. The van der Waals surface area contributed by atoms with Gasteiger partial charge in [-0.05, 0) is 96.7 Å². The zero-order valence-electron chi connectivity index (χ0n) is 32.0. The van der Waals surface area contributed by atoms with Crippen LogP contribution in [0.2, 0.25) is 13.1 Å². The monoisotopic (exact) mass is 744 g/mol. The molecule has 2 heterocycles. The second kappa shape index (κ2) is 14.3. The van der Waals surface area contributed by atoms with Gasteiger partial charge >= 0.3 is 0 Å². The summed E-state index contributed by atoms with van der Waals surface area (Å²) >= 11 is 0. The predicted octanol–water partition coefficient (Wildman–Crippen LogP) is 12.9. The Morgan fingerprint density at radius 2 is 0.702 bits per heavy atom. The van der Waals surface area contributed by atoms with E-state index in [0.29, 0.717) is 0 Å². The molecule has 0 amide bonds. The molecule has 270 valence electrons. The lowest BCUT2D eigenvalue weighted by Gasteiger charge is -2.19. The second-order valence-corrected chi connectivity index (χ2v) is 19.7. The van der Waals surface area contributed by atoms with Gasteiger partial charge < -0.3 is 0 Å². The Balaban J connectivity index is 0.991. The lowest BCUT2D eigenvalue weighted by atomic mass is 9.92. The summed E-state index contributed by atoms with van der Waals surface area (Å²) in [5, 5.41) is 2.65. The van der Waals surface area contributed by atoms with Crippen LogP contribution in [0.4, 0.5) is 0 Å². The summed E-state index contributed by atoms with van der Waals surface area (Å²) in [6.07, 6.45) is 0. The second-order valence-electron chi connectivity index (χ2n) is 15.4. The van der Waals surface area contributed by atoms with E-state index in [0.717, 1.165) is 28.2 Å². The Morgan fingerprint density at radius 1 is 0.316 bits per heavy atom. The summed E-state index contributed by atoms with van der Waals surface area (Å²) in [5.74, 6) is 0.782. The molecule has 0 atom stereocenters. The highest BCUT2D eigenvalue weighted by molar-refractivity contribution is 7.03. The predicted molar refractivity (Wildman–Crippen MR) is 242 cm³/mol. The largest absolute Gasteiger partial charge is 0.237 e. The van der Waals surface area contributed by atoms with Crippen molar-refractivity contribution in [3.05, 3.63) is 206 Å². The van der Waals surface area contributed by atoms with Gasteiger partial charge in [0.25, 0.3) is 0 Å². The Labute approximate surface area is 335 Å². The molecule has 0 unspecified atom stereocenters. The fourth-order valence-electron chi connectivity index (χ4n) is 8.43. The molecule has 0 radical (unpaired) electrons. The lowest BCUT2D eigenvalue weighted by Crippen LogP contribution is -2.50. The van der Waals surface area contributed by atoms with Gasteiger partial charge in [0.2, 0.25) is 0 Å². The SMILES string of the molecule is C[Si]1(C)c2ccccc2-c2c(-c3ccccc3)nc(-c3ccc(-c4cccc(-c5cccc(-c6cc(-c7ccccc7)cc(-c7ccccc7)c6)c5)c4)cc3)nc21. The van der Waals surface area contributed by atoms with Crippen molar-refractivity contribution < 1.29 is 0 Å². The van der Waals surface area contributed by atoms with Crippen LogP contribution in [-0.4, -0.2) is 18.0 Å². The van der Waals surface area contributed by atoms with E-state index in [1.807, 2.05) is 0 Å². The van der Waals surface area contributed by atoms with E-state index >= 15 is 0 Å². The van der Waals surface area contributed by atoms with E-state index in [4.69, 9.17) is 9.97 Å². The first kappa shape index (κ1) is 34.5. The highest BCUT2D eigenvalue weighted by Crippen LogP contribution is 2.38. The van der Waals surface area contributed by atoms with Crippen molar-refractivity contribution in [2.75, 3.05) is 0 Å². The molecule has 0 saturated carbocycles. The Hall–Kier alpha value is -6.94. The quantitative estimate of drug-likeness (QED) is 0.152. The van der Waals surface area contributed by atoms with Gasteiger partial charge in [-0.2, -0.15) is 0 Å². The van der Waals surface area contributed by atoms with Crippen molar-refractivity contribution in [1.29, 1.82) is 0 Å². The molecule has 9 aromatic rings. The van der Waals surface area contributed by atoms with Crippen molar-refractivity contribution in [2.24, 2.45) is 0 Å². The zero-order valence-corrected chi connectivity index (χ0v) is 33.0.